The molecule has 0 bridgehead atoms. The smallest absolute Gasteiger partial charge is 0.307 e. The molecule has 4 nitrogen and oxygen atoms in total. The summed E-state index contributed by atoms with van der Waals surface area (Å²) in [6, 6.07) is 7.25. The molecule has 1 N–H and O–H groups in total. The molecule has 2 unspecified atom stereocenters. The Morgan fingerprint density at radius 3 is 2.17 bits per heavy atom. The summed E-state index contributed by atoms with van der Waals surface area (Å²) in [4.78, 5) is 24.5. The Labute approximate surface area is 139 Å². The summed E-state index contributed by atoms with van der Waals surface area (Å²) in [6.45, 7) is 10.4. The first kappa shape index (κ1) is 19.4. The number of esters is 1. The van der Waals surface area contributed by atoms with Crippen molar-refractivity contribution in [2.45, 2.75) is 65.5 Å². The second-order valence-corrected chi connectivity index (χ2v) is 6.18. The fourth-order valence-corrected chi connectivity index (χ4v) is 2.31. The molecule has 0 amide bonds. The summed E-state index contributed by atoms with van der Waals surface area (Å²) in [5, 5.41) is 3.24. The molecule has 1 rings (SSSR count). The van der Waals surface area contributed by atoms with Crippen LogP contribution < -0.4 is 5.32 Å². The van der Waals surface area contributed by atoms with E-state index in [2.05, 4.69) is 19.2 Å². The molecular weight excluding hydrogens is 290 g/mol. The van der Waals surface area contributed by atoms with Crippen molar-refractivity contribution >= 4 is 11.8 Å². The Bertz CT molecular complexity index is 508. The maximum atomic E-state index is 12.7. The maximum Gasteiger partial charge on any atom is 0.307 e. The highest BCUT2D eigenvalue weighted by Gasteiger charge is 2.24. The molecule has 128 valence electrons. The first-order valence-corrected chi connectivity index (χ1v) is 8.44. The largest absolute Gasteiger partial charge is 0.466 e. The number of benzene rings is 1. The van der Waals surface area contributed by atoms with E-state index in [1.807, 2.05) is 38.1 Å². The van der Waals surface area contributed by atoms with E-state index in [1.165, 1.54) is 5.56 Å². The van der Waals surface area contributed by atoms with Gasteiger partial charge in [0.05, 0.1) is 19.1 Å². The maximum absolute atomic E-state index is 12.7. The average Bonchev–Trinajstić information content (AvgIpc) is 2.53. The van der Waals surface area contributed by atoms with Gasteiger partial charge in [0, 0.05) is 11.6 Å². The van der Waals surface area contributed by atoms with Crippen LogP contribution in [0.1, 0.15) is 69.3 Å². The van der Waals surface area contributed by atoms with Crippen LogP contribution in [-0.2, 0) is 9.53 Å². The van der Waals surface area contributed by atoms with Gasteiger partial charge in [-0.1, -0.05) is 45.0 Å². The van der Waals surface area contributed by atoms with Gasteiger partial charge in [-0.05, 0) is 31.7 Å². The molecule has 0 saturated heterocycles. The van der Waals surface area contributed by atoms with Gasteiger partial charge in [0.1, 0.15) is 0 Å². The van der Waals surface area contributed by atoms with Crippen LogP contribution in [0.25, 0.3) is 0 Å². The van der Waals surface area contributed by atoms with Crippen LogP contribution in [-0.4, -0.2) is 30.4 Å². The van der Waals surface area contributed by atoms with Gasteiger partial charge in [-0.15, -0.1) is 0 Å². The van der Waals surface area contributed by atoms with Crippen molar-refractivity contribution in [3.63, 3.8) is 0 Å². The first-order valence-electron chi connectivity index (χ1n) is 8.44. The standard InChI is InChI=1S/C19H29NO3/c1-6-14(5)20-17(12-18(21)23-7-2)19(22)16-10-8-15(9-11-16)13(3)4/h8-11,13-14,17,20H,6-7,12H2,1-5H3. The number of carbonyl (C=O) groups is 2. The summed E-state index contributed by atoms with van der Waals surface area (Å²) in [5.41, 5.74) is 1.82. The van der Waals surface area contributed by atoms with Crippen molar-refractivity contribution < 1.29 is 14.3 Å². The third-order valence-electron chi connectivity index (χ3n) is 3.95. The van der Waals surface area contributed by atoms with Crippen LogP contribution in [0.5, 0.6) is 0 Å². The van der Waals surface area contributed by atoms with Crippen molar-refractivity contribution in [1.82, 2.24) is 5.32 Å². The van der Waals surface area contributed by atoms with Crippen LogP contribution in [0.2, 0.25) is 0 Å². The molecule has 0 radical (unpaired) electrons. The third kappa shape index (κ3) is 6.14. The van der Waals surface area contributed by atoms with E-state index in [1.54, 1.807) is 6.92 Å². The molecule has 1 aromatic rings. The summed E-state index contributed by atoms with van der Waals surface area (Å²) in [5.74, 6) is 0.0156. The lowest BCUT2D eigenvalue weighted by Gasteiger charge is -2.21. The SMILES string of the molecule is CCOC(=O)CC(NC(C)CC)C(=O)c1ccc(C(C)C)cc1. The van der Waals surface area contributed by atoms with E-state index in [0.29, 0.717) is 18.1 Å². The third-order valence-corrected chi connectivity index (χ3v) is 3.95. The van der Waals surface area contributed by atoms with Gasteiger partial charge in [0.15, 0.2) is 5.78 Å². The Balaban J connectivity index is 2.90. The Kier molecular flexibility index (Phi) is 7.96. The normalized spacial score (nSPS) is 13.7. The first-order chi connectivity index (χ1) is 10.9. The number of hydrogen-bond acceptors (Lipinski definition) is 4. The van der Waals surface area contributed by atoms with Gasteiger partial charge < -0.3 is 10.1 Å². The quantitative estimate of drug-likeness (QED) is 0.557. The number of carbonyl (C=O) groups excluding carboxylic acids is 2. The molecule has 4 heteroatoms. The number of nitrogens with one attached hydrogen (secondary N) is 1. The lowest BCUT2D eigenvalue weighted by Crippen LogP contribution is -2.43. The number of Topliss-reactive ketones (excluding diaryl/α,β-unsaturated/α-hetero) is 1. The van der Waals surface area contributed by atoms with E-state index in [4.69, 9.17) is 4.74 Å². The molecular formula is C19H29NO3. The molecule has 0 spiro atoms. The monoisotopic (exact) mass is 319 g/mol. The molecule has 2 atom stereocenters. The predicted octanol–water partition coefficient (Wildman–Crippen LogP) is 3.70. The van der Waals surface area contributed by atoms with Gasteiger partial charge in [0.2, 0.25) is 0 Å². The lowest BCUT2D eigenvalue weighted by molar-refractivity contribution is -0.143. The molecule has 0 aromatic heterocycles. The topological polar surface area (TPSA) is 55.4 Å². The second kappa shape index (κ2) is 9.46. The second-order valence-electron chi connectivity index (χ2n) is 6.18. The average molecular weight is 319 g/mol. The Morgan fingerprint density at radius 1 is 1.09 bits per heavy atom. The molecule has 0 saturated carbocycles. The number of hydrogen-bond donors (Lipinski definition) is 1. The zero-order chi connectivity index (χ0) is 17.4. The van der Waals surface area contributed by atoms with Crippen LogP contribution >= 0.6 is 0 Å². The van der Waals surface area contributed by atoms with Crippen molar-refractivity contribution in [1.29, 1.82) is 0 Å². The van der Waals surface area contributed by atoms with Crippen LogP contribution in [0.4, 0.5) is 0 Å². The molecule has 0 fully saturated rings. The van der Waals surface area contributed by atoms with E-state index in [0.717, 1.165) is 6.42 Å². The van der Waals surface area contributed by atoms with E-state index in [-0.39, 0.29) is 24.2 Å². The van der Waals surface area contributed by atoms with Gasteiger partial charge in [-0.2, -0.15) is 0 Å². The Hall–Kier alpha value is -1.68. The minimum absolute atomic E-state index is 0.0585. The highest BCUT2D eigenvalue weighted by molar-refractivity contribution is 6.01. The van der Waals surface area contributed by atoms with Gasteiger partial charge >= 0.3 is 5.97 Å². The summed E-state index contributed by atoms with van der Waals surface area (Å²) in [6.07, 6.45) is 0.946. The van der Waals surface area contributed by atoms with Crippen molar-refractivity contribution in [3.8, 4) is 0 Å². The number of ketones is 1. The molecule has 0 aliphatic carbocycles. The van der Waals surface area contributed by atoms with Gasteiger partial charge in [-0.3, -0.25) is 9.59 Å². The van der Waals surface area contributed by atoms with Crippen molar-refractivity contribution in [2.24, 2.45) is 0 Å². The highest BCUT2D eigenvalue weighted by Crippen LogP contribution is 2.16. The molecule has 0 heterocycles. The number of ether oxygens (including phenoxy) is 1. The van der Waals surface area contributed by atoms with Crippen LogP contribution in [0, 0.1) is 0 Å². The van der Waals surface area contributed by atoms with Crippen LogP contribution in [0.3, 0.4) is 0 Å². The van der Waals surface area contributed by atoms with Crippen LogP contribution in [0.15, 0.2) is 24.3 Å². The molecule has 1 aromatic carbocycles. The van der Waals surface area contributed by atoms with E-state index < -0.39 is 6.04 Å². The zero-order valence-electron chi connectivity index (χ0n) is 14.9. The number of rotatable bonds is 9. The van der Waals surface area contributed by atoms with E-state index in [9.17, 15) is 9.59 Å². The minimum atomic E-state index is -0.547. The Morgan fingerprint density at radius 2 is 1.70 bits per heavy atom. The van der Waals surface area contributed by atoms with Gasteiger partial charge in [-0.25, -0.2) is 0 Å². The molecule has 23 heavy (non-hydrogen) atoms. The van der Waals surface area contributed by atoms with Crippen molar-refractivity contribution in [2.75, 3.05) is 6.61 Å². The fraction of sp³-hybridized carbons (Fsp3) is 0.579. The lowest BCUT2D eigenvalue weighted by atomic mass is 9.96. The highest BCUT2D eigenvalue weighted by atomic mass is 16.5. The predicted molar refractivity (Wildman–Crippen MR) is 92.8 cm³/mol. The summed E-state index contributed by atoms with van der Waals surface area (Å²) >= 11 is 0. The summed E-state index contributed by atoms with van der Waals surface area (Å²) < 4.78 is 4.99. The molecule has 0 aliphatic rings. The van der Waals surface area contributed by atoms with Gasteiger partial charge in [0.25, 0.3) is 0 Å². The van der Waals surface area contributed by atoms with E-state index >= 15 is 0 Å². The summed E-state index contributed by atoms with van der Waals surface area (Å²) in [7, 11) is 0. The zero-order valence-corrected chi connectivity index (χ0v) is 14.9. The fourth-order valence-electron chi connectivity index (χ4n) is 2.31. The minimum Gasteiger partial charge on any atom is -0.466 e. The van der Waals surface area contributed by atoms with Crippen molar-refractivity contribution in [3.05, 3.63) is 35.4 Å². The molecule has 0 aliphatic heterocycles.